The Balaban J connectivity index is 2.39. The molecule has 0 radical (unpaired) electrons. The van der Waals surface area contributed by atoms with Gasteiger partial charge in [0.1, 0.15) is 5.82 Å². The minimum atomic E-state index is -4.57. The number of rotatable bonds is 3. The zero-order chi connectivity index (χ0) is 16.5. The topological polar surface area (TPSA) is 78.2 Å². The van der Waals surface area contributed by atoms with E-state index in [-0.39, 0.29) is 16.8 Å². The van der Waals surface area contributed by atoms with Crippen molar-refractivity contribution in [2.24, 2.45) is 0 Å². The molecule has 2 rings (SSSR count). The summed E-state index contributed by atoms with van der Waals surface area (Å²) in [4.78, 5) is 0. The number of nitrogen functional groups attached to an aromatic ring is 1. The number of hydrogen-bond acceptors (Lipinski definition) is 3. The summed E-state index contributed by atoms with van der Waals surface area (Å²) >= 11 is -2.68. The van der Waals surface area contributed by atoms with Gasteiger partial charge < -0.3 is 15.0 Å². The number of halogens is 4. The van der Waals surface area contributed by atoms with Crippen LogP contribution >= 0.6 is 0 Å². The van der Waals surface area contributed by atoms with Crippen molar-refractivity contribution in [3.05, 3.63) is 47.8 Å². The van der Waals surface area contributed by atoms with Crippen LogP contribution in [0.1, 0.15) is 5.56 Å². The Hall–Kier alpha value is -2.13. The molecule has 0 aliphatic heterocycles. The van der Waals surface area contributed by atoms with E-state index in [1.165, 1.54) is 6.07 Å². The lowest BCUT2D eigenvalue weighted by Crippen LogP contribution is -2.08. The van der Waals surface area contributed by atoms with Gasteiger partial charge in [-0.15, -0.1) is 0 Å². The van der Waals surface area contributed by atoms with Gasteiger partial charge >= 0.3 is 6.18 Å². The first-order chi connectivity index (χ1) is 10.2. The Morgan fingerprint density at radius 2 is 1.68 bits per heavy atom. The van der Waals surface area contributed by atoms with Gasteiger partial charge in [0.15, 0.2) is 0 Å². The van der Waals surface area contributed by atoms with Gasteiger partial charge in [0.25, 0.3) is 0 Å². The lowest BCUT2D eigenvalue weighted by Gasteiger charge is -2.13. The third-order valence-electron chi connectivity index (χ3n) is 2.85. The summed E-state index contributed by atoms with van der Waals surface area (Å²) in [5.74, 6) is -0.861. The summed E-state index contributed by atoms with van der Waals surface area (Å²) < 4.78 is 74.3. The molecule has 0 amide bonds. The molecule has 0 saturated carbocycles. The fourth-order valence-corrected chi connectivity index (χ4v) is 2.21. The van der Waals surface area contributed by atoms with Gasteiger partial charge in [-0.25, -0.2) is 4.39 Å². The SMILES string of the molecule is Nc1cc(-c2ccc(NS(=O)[O-])c(F)c2)ccc1C(F)(F)F. The molecule has 2 aromatic rings. The van der Waals surface area contributed by atoms with E-state index in [0.717, 1.165) is 30.3 Å². The fraction of sp³-hybridized carbons (Fsp3) is 0.0769. The van der Waals surface area contributed by atoms with Gasteiger partial charge in [-0.3, -0.25) is 4.21 Å². The lowest BCUT2D eigenvalue weighted by atomic mass is 10.0. The van der Waals surface area contributed by atoms with Crippen molar-refractivity contribution in [3.63, 3.8) is 0 Å². The summed E-state index contributed by atoms with van der Waals surface area (Å²) in [6.45, 7) is 0. The average Bonchev–Trinajstić information content (AvgIpc) is 2.39. The minimum absolute atomic E-state index is 0.264. The number of nitrogens with one attached hydrogen (secondary N) is 1. The predicted octanol–water partition coefficient (Wildman–Crippen LogP) is 3.30. The van der Waals surface area contributed by atoms with Crippen molar-refractivity contribution in [1.82, 2.24) is 0 Å². The molecule has 0 aromatic heterocycles. The van der Waals surface area contributed by atoms with Crippen molar-refractivity contribution >= 4 is 22.6 Å². The van der Waals surface area contributed by atoms with Crippen LogP contribution in [-0.2, 0) is 17.4 Å². The largest absolute Gasteiger partial charge is 0.755 e. The van der Waals surface area contributed by atoms with Crippen LogP contribution in [0.4, 0.5) is 28.9 Å². The Morgan fingerprint density at radius 3 is 2.18 bits per heavy atom. The molecular weight excluding hydrogens is 324 g/mol. The van der Waals surface area contributed by atoms with E-state index in [1.807, 2.05) is 4.72 Å². The first-order valence-electron chi connectivity index (χ1n) is 5.81. The van der Waals surface area contributed by atoms with Crippen molar-refractivity contribution < 1.29 is 26.3 Å². The van der Waals surface area contributed by atoms with Crippen LogP contribution in [0.2, 0.25) is 0 Å². The van der Waals surface area contributed by atoms with Gasteiger partial charge in [-0.2, -0.15) is 13.2 Å². The van der Waals surface area contributed by atoms with Crippen LogP contribution in [0.15, 0.2) is 36.4 Å². The quantitative estimate of drug-likeness (QED) is 0.514. The van der Waals surface area contributed by atoms with Crippen LogP contribution < -0.4 is 10.5 Å². The maximum Gasteiger partial charge on any atom is 0.418 e. The third kappa shape index (κ3) is 3.55. The highest BCUT2D eigenvalue weighted by molar-refractivity contribution is 7.80. The van der Waals surface area contributed by atoms with Crippen LogP contribution in [0.25, 0.3) is 11.1 Å². The second-order valence-corrected chi connectivity index (χ2v) is 5.00. The molecule has 118 valence electrons. The van der Waals surface area contributed by atoms with Crippen LogP contribution in [-0.4, -0.2) is 8.76 Å². The Labute approximate surface area is 125 Å². The fourth-order valence-electron chi connectivity index (χ4n) is 1.87. The first-order valence-corrected chi connectivity index (χ1v) is 6.88. The normalized spacial score (nSPS) is 13.0. The molecule has 22 heavy (non-hydrogen) atoms. The molecule has 9 heteroatoms. The number of hydrogen-bond donors (Lipinski definition) is 2. The molecule has 0 fully saturated rings. The highest BCUT2D eigenvalue weighted by atomic mass is 32.2. The maximum atomic E-state index is 13.7. The number of anilines is 2. The molecule has 0 saturated heterocycles. The van der Waals surface area contributed by atoms with E-state index in [4.69, 9.17) is 5.73 Å². The molecule has 0 aliphatic rings. The van der Waals surface area contributed by atoms with E-state index in [0.29, 0.717) is 0 Å². The highest BCUT2D eigenvalue weighted by Crippen LogP contribution is 2.36. The van der Waals surface area contributed by atoms with Crippen molar-refractivity contribution in [3.8, 4) is 11.1 Å². The second-order valence-electron chi connectivity index (χ2n) is 4.33. The third-order valence-corrected chi connectivity index (χ3v) is 3.24. The van der Waals surface area contributed by atoms with Crippen molar-refractivity contribution in [2.75, 3.05) is 10.5 Å². The number of nitrogens with two attached hydrogens (primary N) is 1. The summed E-state index contributed by atoms with van der Waals surface area (Å²) in [6, 6.07) is 6.57. The minimum Gasteiger partial charge on any atom is -0.755 e. The molecule has 0 heterocycles. The molecule has 3 N–H and O–H groups in total. The maximum absolute atomic E-state index is 13.7. The zero-order valence-electron chi connectivity index (χ0n) is 10.8. The molecule has 0 bridgehead atoms. The molecular formula is C13H9F4N2O2S-. The van der Waals surface area contributed by atoms with Crippen LogP contribution in [0.5, 0.6) is 0 Å². The van der Waals surface area contributed by atoms with E-state index in [9.17, 15) is 26.3 Å². The van der Waals surface area contributed by atoms with Crippen molar-refractivity contribution in [2.45, 2.75) is 6.18 Å². The Kier molecular flexibility index (Phi) is 4.38. The van der Waals surface area contributed by atoms with Gasteiger partial charge in [0.05, 0.1) is 11.3 Å². The highest BCUT2D eigenvalue weighted by Gasteiger charge is 2.32. The monoisotopic (exact) mass is 333 g/mol. The summed E-state index contributed by atoms with van der Waals surface area (Å²) in [5.41, 5.74) is 4.19. The van der Waals surface area contributed by atoms with E-state index >= 15 is 0 Å². The predicted molar refractivity (Wildman–Crippen MR) is 73.8 cm³/mol. The van der Waals surface area contributed by atoms with Crippen molar-refractivity contribution in [1.29, 1.82) is 0 Å². The number of benzene rings is 2. The van der Waals surface area contributed by atoms with E-state index < -0.39 is 34.5 Å². The van der Waals surface area contributed by atoms with Gasteiger partial charge in [0.2, 0.25) is 0 Å². The molecule has 1 atom stereocenters. The molecule has 0 aliphatic carbocycles. The molecule has 4 nitrogen and oxygen atoms in total. The number of alkyl halides is 3. The average molecular weight is 333 g/mol. The molecule has 1 unspecified atom stereocenters. The standard InChI is InChI=1S/C13H10F4N2O2S/c14-10-5-7(2-4-12(10)19-22(20)21)8-1-3-9(11(18)6-8)13(15,16)17/h1-6,19H,18H2,(H,20,21)/p-1. The van der Waals surface area contributed by atoms with Gasteiger partial charge in [-0.1, -0.05) is 12.1 Å². The second kappa shape index (κ2) is 5.93. The summed E-state index contributed by atoms with van der Waals surface area (Å²) in [7, 11) is 0. The Bertz CT molecular complexity index is 734. The summed E-state index contributed by atoms with van der Waals surface area (Å²) in [6.07, 6.45) is -4.57. The van der Waals surface area contributed by atoms with E-state index in [1.54, 1.807) is 0 Å². The first kappa shape index (κ1) is 16.2. The summed E-state index contributed by atoms with van der Waals surface area (Å²) in [5, 5.41) is 0. The molecule has 0 spiro atoms. The van der Waals surface area contributed by atoms with Gasteiger partial charge in [-0.05, 0) is 35.4 Å². The van der Waals surface area contributed by atoms with Gasteiger partial charge in [0, 0.05) is 17.0 Å². The van der Waals surface area contributed by atoms with Crippen LogP contribution in [0, 0.1) is 5.82 Å². The zero-order valence-corrected chi connectivity index (χ0v) is 11.6. The van der Waals surface area contributed by atoms with E-state index in [2.05, 4.69) is 0 Å². The smallest absolute Gasteiger partial charge is 0.418 e. The molecule has 2 aromatic carbocycles. The lowest BCUT2D eigenvalue weighted by molar-refractivity contribution is -0.136. The van der Waals surface area contributed by atoms with Crippen LogP contribution in [0.3, 0.4) is 0 Å². The Morgan fingerprint density at radius 1 is 1.09 bits per heavy atom.